The second-order valence-electron chi connectivity index (χ2n) is 4.17. The monoisotopic (exact) mass is 331 g/mol. The molecule has 2 rings (SSSR count). The molecular weight excluding hydrogens is 317 g/mol. The first kappa shape index (κ1) is 17.5. The lowest BCUT2D eigenvalue weighted by Gasteiger charge is -2.03. The van der Waals surface area contributed by atoms with Crippen molar-refractivity contribution in [3.8, 4) is 11.3 Å². The lowest BCUT2D eigenvalue weighted by Crippen LogP contribution is -2.16. The Morgan fingerprint density at radius 3 is 2.71 bits per heavy atom. The van der Waals surface area contributed by atoms with Crippen molar-refractivity contribution < 1.29 is 19.4 Å². The quantitative estimate of drug-likeness (QED) is 0.709. The van der Waals surface area contributed by atoms with Crippen molar-refractivity contribution in [3.05, 3.63) is 46.7 Å². The number of rotatable bonds is 6. The maximum absolute atomic E-state index is 11.0. The molecule has 7 heteroatoms. The number of aliphatic hydroxyl groups is 1. The van der Waals surface area contributed by atoms with Gasteiger partial charge in [0.1, 0.15) is 11.5 Å². The topological polar surface area (TPSA) is 82.7 Å². The van der Waals surface area contributed by atoms with Gasteiger partial charge < -0.3 is 19.9 Å². The molecule has 0 spiro atoms. The zero-order valence-corrected chi connectivity index (χ0v) is 12.6. The minimum absolute atomic E-state index is 0. The van der Waals surface area contributed by atoms with Gasteiger partial charge in [0.15, 0.2) is 0 Å². The molecule has 3 N–H and O–H groups in total. The van der Waals surface area contributed by atoms with E-state index in [1.807, 2.05) is 0 Å². The van der Waals surface area contributed by atoms with Gasteiger partial charge in [0, 0.05) is 12.1 Å². The van der Waals surface area contributed by atoms with Gasteiger partial charge >= 0.3 is 5.97 Å². The van der Waals surface area contributed by atoms with Crippen LogP contribution in [0.1, 0.15) is 16.1 Å². The van der Waals surface area contributed by atoms with Crippen molar-refractivity contribution in [2.75, 3.05) is 13.2 Å². The highest BCUT2D eigenvalue weighted by Gasteiger charge is 2.12. The molecule has 0 bridgehead atoms. The molecule has 0 saturated carbocycles. The Hall–Kier alpha value is -1.53. The Morgan fingerprint density at radius 2 is 2.05 bits per heavy atom. The third-order valence-electron chi connectivity index (χ3n) is 2.73. The van der Waals surface area contributed by atoms with Crippen LogP contribution >= 0.6 is 24.0 Å². The summed E-state index contributed by atoms with van der Waals surface area (Å²) in [4.78, 5) is 11.0. The van der Waals surface area contributed by atoms with Crippen LogP contribution in [0, 0.1) is 0 Å². The van der Waals surface area contributed by atoms with E-state index in [1.54, 1.807) is 12.1 Å². The minimum atomic E-state index is -1.01. The van der Waals surface area contributed by atoms with Crippen LogP contribution in [0.15, 0.2) is 34.7 Å². The zero-order chi connectivity index (χ0) is 14.5. The standard InChI is InChI=1S/C14H14ClNO4.ClH/c15-12-3-1-9(14(18)19)7-11(12)13-4-2-10(20-13)8-16-5-6-17;/h1-4,7,16-17H,5-6,8H2,(H,18,19);1H. The van der Waals surface area contributed by atoms with Crippen LogP contribution in [0.5, 0.6) is 0 Å². The Kier molecular flexibility index (Phi) is 6.71. The molecular formula is C14H15Cl2NO4. The summed E-state index contributed by atoms with van der Waals surface area (Å²) in [7, 11) is 0. The molecule has 1 aromatic carbocycles. The third kappa shape index (κ3) is 4.47. The first-order valence-corrected chi connectivity index (χ1v) is 6.43. The SMILES string of the molecule is Cl.O=C(O)c1ccc(Cl)c(-c2ccc(CNCCO)o2)c1. The Morgan fingerprint density at radius 1 is 1.29 bits per heavy atom. The van der Waals surface area contributed by atoms with Crippen molar-refractivity contribution in [2.45, 2.75) is 6.54 Å². The van der Waals surface area contributed by atoms with Crippen LogP contribution in [0.25, 0.3) is 11.3 Å². The maximum atomic E-state index is 11.0. The van der Waals surface area contributed by atoms with Gasteiger partial charge in [-0.2, -0.15) is 0 Å². The van der Waals surface area contributed by atoms with Crippen LogP contribution in [-0.4, -0.2) is 29.3 Å². The molecule has 0 fully saturated rings. The summed E-state index contributed by atoms with van der Waals surface area (Å²) in [5.74, 6) is 0.184. The molecule has 1 aromatic heterocycles. The number of hydrogen-bond donors (Lipinski definition) is 3. The molecule has 21 heavy (non-hydrogen) atoms. The fourth-order valence-electron chi connectivity index (χ4n) is 1.76. The van der Waals surface area contributed by atoms with Crippen molar-refractivity contribution in [3.63, 3.8) is 0 Å². The number of nitrogens with one attached hydrogen (secondary N) is 1. The number of carbonyl (C=O) groups is 1. The van der Waals surface area contributed by atoms with E-state index in [0.717, 1.165) is 0 Å². The molecule has 2 aromatic rings. The summed E-state index contributed by atoms with van der Waals surface area (Å²) in [6, 6.07) is 7.98. The lowest BCUT2D eigenvalue weighted by molar-refractivity contribution is 0.0697. The predicted molar refractivity (Wildman–Crippen MR) is 82.2 cm³/mol. The van der Waals surface area contributed by atoms with Crippen molar-refractivity contribution >= 4 is 30.0 Å². The van der Waals surface area contributed by atoms with E-state index < -0.39 is 5.97 Å². The van der Waals surface area contributed by atoms with Crippen molar-refractivity contribution in [1.29, 1.82) is 0 Å². The summed E-state index contributed by atoms with van der Waals surface area (Å²) in [6.45, 7) is 1.02. The summed E-state index contributed by atoms with van der Waals surface area (Å²) >= 11 is 6.07. The number of carboxylic acid groups (broad SMARTS) is 1. The average Bonchev–Trinajstić information content (AvgIpc) is 2.88. The van der Waals surface area contributed by atoms with E-state index in [2.05, 4.69) is 5.32 Å². The van der Waals surface area contributed by atoms with E-state index in [-0.39, 0.29) is 24.6 Å². The highest BCUT2D eigenvalue weighted by Crippen LogP contribution is 2.30. The average molecular weight is 332 g/mol. The van der Waals surface area contributed by atoms with Crippen LogP contribution in [0.2, 0.25) is 5.02 Å². The highest BCUT2D eigenvalue weighted by atomic mass is 35.5. The lowest BCUT2D eigenvalue weighted by atomic mass is 10.1. The van der Waals surface area contributed by atoms with Crippen LogP contribution in [-0.2, 0) is 6.54 Å². The molecule has 0 atom stereocenters. The van der Waals surface area contributed by atoms with Crippen molar-refractivity contribution in [1.82, 2.24) is 5.32 Å². The number of carboxylic acids is 1. The van der Waals surface area contributed by atoms with E-state index in [0.29, 0.717) is 35.2 Å². The number of benzene rings is 1. The second-order valence-corrected chi connectivity index (χ2v) is 4.57. The smallest absolute Gasteiger partial charge is 0.335 e. The van der Waals surface area contributed by atoms with Gasteiger partial charge in [-0.1, -0.05) is 11.6 Å². The summed E-state index contributed by atoms with van der Waals surface area (Å²) < 4.78 is 5.61. The number of halogens is 2. The maximum Gasteiger partial charge on any atom is 0.335 e. The van der Waals surface area contributed by atoms with Crippen LogP contribution < -0.4 is 5.32 Å². The largest absolute Gasteiger partial charge is 0.478 e. The summed E-state index contributed by atoms with van der Waals surface area (Å²) in [5.41, 5.74) is 0.695. The van der Waals surface area contributed by atoms with Gasteiger partial charge in [0.2, 0.25) is 0 Å². The van der Waals surface area contributed by atoms with Gasteiger partial charge in [-0.15, -0.1) is 12.4 Å². The molecule has 0 aliphatic heterocycles. The number of furan rings is 1. The van der Waals surface area contributed by atoms with E-state index in [4.69, 9.17) is 26.2 Å². The predicted octanol–water partition coefficient (Wildman–Crippen LogP) is 2.80. The van der Waals surface area contributed by atoms with Crippen molar-refractivity contribution in [2.24, 2.45) is 0 Å². The van der Waals surface area contributed by atoms with Gasteiger partial charge in [-0.05, 0) is 30.3 Å². The summed E-state index contributed by atoms with van der Waals surface area (Å²) in [6.07, 6.45) is 0. The minimum Gasteiger partial charge on any atom is -0.478 e. The normalized spacial score (nSPS) is 10.2. The third-order valence-corrected chi connectivity index (χ3v) is 3.06. The molecule has 0 amide bonds. The Labute approximate surface area is 132 Å². The summed E-state index contributed by atoms with van der Waals surface area (Å²) in [5, 5.41) is 21.1. The zero-order valence-electron chi connectivity index (χ0n) is 11.0. The first-order valence-electron chi connectivity index (χ1n) is 6.05. The molecule has 0 aliphatic carbocycles. The van der Waals surface area contributed by atoms with E-state index in [9.17, 15) is 4.79 Å². The number of aliphatic hydroxyl groups excluding tert-OH is 1. The number of hydrogen-bond acceptors (Lipinski definition) is 4. The van der Waals surface area contributed by atoms with Gasteiger partial charge in [0.05, 0.1) is 23.7 Å². The van der Waals surface area contributed by atoms with Crippen LogP contribution in [0.3, 0.4) is 0 Å². The van der Waals surface area contributed by atoms with Gasteiger partial charge in [-0.3, -0.25) is 0 Å². The molecule has 5 nitrogen and oxygen atoms in total. The Balaban J connectivity index is 0.00000220. The fraction of sp³-hybridized carbons (Fsp3) is 0.214. The highest BCUT2D eigenvalue weighted by molar-refractivity contribution is 6.33. The van der Waals surface area contributed by atoms with Crippen LogP contribution in [0.4, 0.5) is 0 Å². The second kappa shape index (κ2) is 8.05. The van der Waals surface area contributed by atoms with E-state index >= 15 is 0 Å². The molecule has 1 heterocycles. The molecule has 0 aliphatic rings. The van der Waals surface area contributed by atoms with Gasteiger partial charge in [-0.25, -0.2) is 4.79 Å². The molecule has 0 unspecified atom stereocenters. The Bertz CT molecular complexity index is 613. The fourth-order valence-corrected chi connectivity index (χ4v) is 1.97. The molecule has 0 saturated heterocycles. The number of aromatic carboxylic acids is 1. The molecule has 0 radical (unpaired) electrons. The van der Waals surface area contributed by atoms with Gasteiger partial charge in [0.25, 0.3) is 0 Å². The molecule has 114 valence electrons. The van der Waals surface area contributed by atoms with E-state index in [1.165, 1.54) is 18.2 Å². The first-order chi connectivity index (χ1) is 9.61.